The van der Waals surface area contributed by atoms with Gasteiger partial charge in [0.15, 0.2) is 0 Å². The SMILES string of the molecule is CC(C)Cc1ccnc(-c2cccc(Oc3ccc4c5cc(C#N)ccc5n(-c5cc(C(C)(C)C)ccn5)c4c3)c2)c1. The first-order valence-corrected chi connectivity index (χ1v) is 14.4. The van der Waals surface area contributed by atoms with Crippen LogP contribution >= 0.6 is 0 Å². The molecule has 208 valence electrons. The van der Waals surface area contributed by atoms with Crippen LogP contribution in [0.4, 0.5) is 0 Å². The van der Waals surface area contributed by atoms with Crippen molar-refractivity contribution in [1.29, 1.82) is 5.26 Å². The molecule has 0 N–H and O–H groups in total. The topological polar surface area (TPSA) is 63.7 Å². The van der Waals surface area contributed by atoms with E-state index in [9.17, 15) is 5.26 Å². The van der Waals surface area contributed by atoms with Gasteiger partial charge in [-0.15, -0.1) is 0 Å². The maximum atomic E-state index is 9.59. The quantitative estimate of drug-likeness (QED) is 0.207. The minimum absolute atomic E-state index is 0.0210. The summed E-state index contributed by atoms with van der Waals surface area (Å²) in [5.74, 6) is 2.87. The lowest BCUT2D eigenvalue weighted by atomic mass is 9.88. The van der Waals surface area contributed by atoms with Gasteiger partial charge in [-0.05, 0) is 95.6 Å². The summed E-state index contributed by atoms with van der Waals surface area (Å²) < 4.78 is 8.60. The van der Waals surface area contributed by atoms with Gasteiger partial charge in [0, 0.05) is 34.8 Å². The Morgan fingerprint density at radius 1 is 0.810 bits per heavy atom. The van der Waals surface area contributed by atoms with Crippen molar-refractivity contribution in [3.63, 3.8) is 0 Å². The molecule has 0 aliphatic heterocycles. The van der Waals surface area contributed by atoms with Gasteiger partial charge >= 0.3 is 0 Å². The first-order valence-electron chi connectivity index (χ1n) is 14.4. The monoisotopic (exact) mass is 550 g/mol. The fraction of sp³-hybridized carbons (Fsp3) is 0.216. The average molecular weight is 551 g/mol. The molecule has 6 rings (SSSR count). The molecule has 0 radical (unpaired) electrons. The Labute approximate surface area is 247 Å². The van der Waals surface area contributed by atoms with Crippen LogP contribution in [0.2, 0.25) is 0 Å². The molecule has 0 saturated heterocycles. The Hall–Kier alpha value is -4.95. The van der Waals surface area contributed by atoms with Gasteiger partial charge in [-0.2, -0.15) is 5.26 Å². The summed E-state index contributed by atoms with van der Waals surface area (Å²) >= 11 is 0. The molecule has 3 heterocycles. The molecule has 0 atom stereocenters. The van der Waals surface area contributed by atoms with Crippen LogP contribution in [0.25, 0.3) is 38.9 Å². The second kappa shape index (κ2) is 10.8. The fourth-order valence-electron chi connectivity index (χ4n) is 5.47. The lowest BCUT2D eigenvalue weighted by Gasteiger charge is -2.20. The normalized spacial score (nSPS) is 11.7. The van der Waals surface area contributed by atoms with Crippen LogP contribution in [0.1, 0.15) is 51.3 Å². The maximum absolute atomic E-state index is 9.59. The van der Waals surface area contributed by atoms with Gasteiger partial charge in [-0.3, -0.25) is 9.55 Å². The molecular formula is C37H34N4O. The van der Waals surface area contributed by atoms with E-state index in [1.165, 1.54) is 11.1 Å². The Morgan fingerprint density at radius 3 is 2.40 bits per heavy atom. The van der Waals surface area contributed by atoms with Crippen molar-refractivity contribution in [3.05, 3.63) is 114 Å². The molecule has 3 aromatic carbocycles. The zero-order valence-electron chi connectivity index (χ0n) is 24.7. The predicted molar refractivity (Wildman–Crippen MR) is 170 cm³/mol. The number of nitriles is 1. The molecule has 0 amide bonds. The Morgan fingerprint density at radius 2 is 1.62 bits per heavy atom. The van der Waals surface area contributed by atoms with E-state index in [0.29, 0.717) is 11.5 Å². The first-order chi connectivity index (χ1) is 20.2. The third-order valence-corrected chi connectivity index (χ3v) is 7.54. The third-order valence-electron chi connectivity index (χ3n) is 7.54. The van der Waals surface area contributed by atoms with E-state index >= 15 is 0 Å². The summed E-state index contributed by atoms with van der Waals surface area (Å²) in [4.78, 5) is 9.40. The van der Waals surface area contributed by atoms with E-state index in [4.69, 9.17) is 9.72 Å². The molecule has 42 heavy (non-hydrogen) atoms. The van der Waals surface area contributed by atoms with Crippen molar-refractivity contribution < 1.29 is 4.74 Å². The van der Waals surface area contributed by atoms with Gasteiger partial charge in [0.2, 0.25) is 0 Å². The van der Waals surface area contributed by atoms with Gasteiger partial charge in [0.1, 0.15) is 17.3 Å². The van der Waals surface area contributed by atoms with E-state index < -0.39 is 0 Å². The molecule has 5 heteroatoms. The fourth-order valence-corrected chi connectivity index (χ4v) is 5.47. The van der Waals surface area contributed by atoms with E-state index in [2.05, 4.69) is 92.7 Å². The zero-order valence-corrected chi connectivity index (χ0v) is 24.7. The molecule has 3 aromatic heterocycles. The molecule has 5 nitrogen and oxygen atoms in total. The minimum Gasteiger partial charge on any atom is -0.457 e. The summed E-state index contributed by atoms with van der Waals surface area (Å²) in [5, 5.41) is 11.6. The van der Waals surface area contributed by atoms with Gasteiger partial charge in [-0.25, -0.2) is 4.98 Å². The number of aromatic nitrogens is 3. The summed E-state index contributed by atoms with van der Waals surface area (Å²) in [6.07, 6.45) is 4.77. The second-order valence-electron chi connectivity index (χ2n) is 12.3. The van der Waals surface area contributed by atoms with E-state index in [-0.39, 0.29) is 5.41 Å². The Bertz CT molecular complexity index is 1970. The second-order valence-corrected chi connectivity index (χ2v) is 12.3. The standard InChI is InChI=1S/C37H34N4O/c1-24(2)17-25-13-15-39-33(19-25)27-7-6-8-29(20-27)42-30-10-11-31-32-18-26(23-38)9-12-34(32)41(35(31)22-30)36-21-28(14-16-40-36)37(3,4)5/h6-16,18-22,24H,17H2,1-5H3. The van der Waals surface area contributed by atoms with Crippen LogP contribution in [0, 0.1) is 17.2 Å². The highest BCUT2D eigenvalue weighted by atomic mass is 16.5. The lowest BCUT2D eigenvalue weighted by Crippen LogP contribution is -2.12. The average Bonchev–Trinajstić information content (AvgIpc) is 3.29. The summed E-state index contributed by atoms with van der Waals surface area (Å²) in [6, 6.07) is 30.7. The predicted octanol–water partition coefficient (Wildman–Crippen LogP) is 9.40. The van der Waals surface area contributed by atoms with Crippen molar-refractivity contribution in [2.24, 2.45) is 5.92 Å². The van der Waals surface area contributed by atoms with Crippen LogP contribution in [0.3, 0.4) is 0 Å². The number of rotatable bonds is 6. The molecule has 0 aliphatic carbocycles. The van der Waals surface area contributed by atoms with Gasteiger partial charge in [-0.1, -0.05) is 46.8 Å². The van der Waals surface area contributed by atoms with Crippen LogP contribution in [0.5, 0.6) is 11.5 Å². The number of ether oxygens (including phenoxy) is 1. The van der Waals surface area contributed by atoms with Crippen molar-refractivity contribution in [2.45, 2.75) is 46.5 Å². The van der Waals surface area contributed by atoms with Crippen LogP contribution < -0.4 is 4.74 Å². The molecule has 0 fully saturated rings. The van der Waals surface area contributed by atoms with Crippen LogP contribution in [-0.4, -0.2) is 14.5 Å². The molecule has 0 bridgehead atoms. The van der Waals surface area contributed by atoms with E-state index in [1.54, 1.807) is 0 Å². The van der Waals surface area contributed by atoms with Gasteiger partial charge in [0.05, 0.1) is 28.4 Å². The van der Waals surface area contributed by atoms with Crippen molar-refractivity contribution in [3.8, 4) is 34.6 Å². The maximum Gasteiger partial charge on any atom is 0.137 e. The third kappa shape index (κ3) is 5.36. The number of hydrogen-bond acceptors (Lipinski definition) is 4. The molecule has 0 aliphatic rings. The highest BCUT2D eigenvalue weighted by Gasteiger charge is 2.19. The smallest absolute Gasteiger partial charge is 0.137 e. The number of fused-ring (bicyclic) bond motifs is 3. The zero-order chi connectivity index (χ0) is 29.4. The van der Waals surface area contributed by atoms with E-state index in [0.717, 1.165) is 56.8 Å². The Balaban J connectivity index is 1.43. The van der Waals surface area contributed by atoms with Crippen LogP contribution in [-0.2, 0) is 11.8 Å². The molecule has 0 spiro atoms. The number of nitrogens with zero attached hydrogens (tertiary/aromatic N) is 4. The van der Waals surface area contributed by atoms with Gasteiger partial charge in [0.25, 0.3) is 0 Å². The molecule has 0 saturated carbocycles. The molecule has 0 unspecified atom stereocenters. The summed E-state index contributed by atoms with van der Waals surface area (Å²) in [5.41, 5.74) is 7.00. The lowest BCUT2D eigenvalue weighted by molar-refractivity contribution is 0.483. The molecular weight excluding hydrogens is 516 g/mol. The Kier molecular flexibility index (Phi) is 7.00. The highest BCUT2D eigenvalue weighted by molar-refractivity contribution is 6.09. The number of pyridine rings is 2. The van der Waals surface area contributed by atoms with Crippen molar-refractivity contribution in [1.82, 2.24) is 14.5 Å². The number of hydrogen-bond donors (Lipinski definition) is 0. The molecule has 6 aromatic rings. The minimum atomic E-state index is -0.0210. The summed E-state index contributed by atoms with van der Waals surface area (Å²) in [6.45, 7) is 11.1. The van der Waals surface area contributed by atoms with Crippen LogP contribution in [0.15, 0.2) is 97.3 Å². The van der Waals surface area contributed by atoms with E-state index in [1.807, 2.05) is 54.9 Å². The first kappa shape index (κ1) is 27.2. The van der Waals surface area contributed by atoms with Crippen molar-refractivity contribution >= 4 is 21.8 Å². The number of benzene rings is 3. The largest absolute Gasteiger partial charge is 0.457 e. The summed E-state index contributed by atoms with van der Waals surface area (Å²) in [7, 11) is 0. The highest BCUT2D eigenvalue weighted by Crippen LogP contribution is 2.36. The van der Waals surface area contributed by atoms with Crippen molar-refractivity contribution in [2.75, 3.05) is 0 Å². The van der Waals surface area contributed by atoms with Gasteiger partial charge < -0.3 is 4.74 Å².